The molecule has 2 aromatic carbocycles. The van der Waals surface area contributed by atoms with Gasteiger partial charge in [-0.25, -0.2) is 4.79 Å². The highest BCUT2D eigenvalue weighted by Crippen LogP contribution is 2.28. The summed E-state index contributed by atoms with van der Waals surface area (Å²) in [5.41, 5.74) is 2.19. The van der Waals surface area contributed by atoms with Gasteiger partial charge in [-0.1, -0.05) is 24.3 Å². The number of hydrogen-bond donors (Lipinski definition) is 2. The van der Waals surface area contributed by atoms with E-state index < -0.39 is 5.97 Å². The summed E-state index contributed by atoms with van der Waals surface area (Å²) in [7, 11) is 0. The van der Waals surface area contributed by atoms with E-state index in [1.807, 2.05) is 18.2 Å². The Morgan fingerprint density at radius 3 is 2.42 bits per heavy atom. The molecule has 3 rings (SSSR count). The van der Waals surface area contributed by atoms with Gasteiger partial charge in [0.1, 0.15) is 0 Å². The zero-order valence-electron chi connectivity index (χ0n) is 14.0. The van der Waals surface area contributed by atoms with E-state index in [1.54, 1.807) is 36.5 Å². The monoisotopic (exact) mass is 348 g/mol. The second kappa shape index (κ2) is 7.06. The number of carboxylic acid groups (broad SMARTS) is 1. The van der Waals surface area contributed by atoms with Crippen molar-refractivity contribution >= 4 is 34.5 Å². The van der Waals surface area contributed by atoms with Crippen molar-refractivity contribution in [1.82, 2.24) is 4.57 Å². The Bertz CT molecular complexity index is 1080. The quantitative estimate of drug-likeness (QED) is 0.709. The fourth-order valence-electron chi connectivity index (χ4n) is 2.74. The predicted octanol–water partition coefficient (Wildman–Crippen LogP) is 3.18. The number of fused-ring (bicyclic) bond motifs is 1. The molecule has 0 aliphatic carbocycles. The van der Waals surface area contributed by atoms with Gasteiger partial charge in [0.05, 0.1) is 0 Å². The van der Waals surface area contributed by atoms with Gasteiger partial charge in [0.2, 0.25) is 5.91 Å². The highest BCUT2D eigenvalue weighted by molar-refractivity contribution is 5.97. The van der Waals surface area contributed by atoms with E-state index in [4.69, 9.17) is 5.11 Å². The van der Waals surface area contributed by atoms with E-state index in [-0.39, 0.29) is 11.5 Å². The first-order valence-electron chi connectivity index (χ1n) is 7.89. The van der Waals surface area contributed by atoms with Crippen molar-refractivity contribution in [2.45, 2.75) is 6.92 Å². The third-order valence-electron chi connectivity index (χ3n) is 3.87. The Labute approximate surface area is 149 Å². The van der Waals surface area contributed by atoms with Crippen molar-refractivity contribution in [1.29, 1.82) is 0 Å². The Hall–Kier alpha value is -3.67. The topological polar surface area (TPSA) is 88.4 Å². The number of carbonyl (C=O) groups excluding carboxylic acids is 1. The van der Waals surface area contributed by atoms with Crippen LogP contribution < -0.4 is 10.9 Å². The van der Waals surface area contributed by atoms with Crippen LogP contribution in [0, 0.1) is 0 Å². The zero-order valence-corrected chi connectivity index (χ0v) is 14.0. The second-order valence-corrected chi connectivity index (χ2v) is 5.71. The lowest BCUT2D eigenvalue weighted by atomic mass is 9.99. The minimum atomic E-state index is -1.12. The fourth-order valence-corrected chi connectivity index (χ4v) is 2.74. The maximum atomic E-state index is 12.6. The molecule has 0 unspecified atom stereocenters. The Morgan fingerprint density at radius 2 is 1.77 bits per heavy atom. The lowest BCUT2D eigenvalue weighted by Gasteiger charge is -2.09. The van der Waals surface area contributed by atoms with Gasteiger partial charge in [0, 0.05) is 36.5 Å². The predicted molar refractivity (Wildman–Crippen MR) is 101 cm³/mol. The molecule has 26 heavy (non-hydrogen) atoms. The standard InChI is InChI=1S/C20H16N2O4/c1-13(23)21-15-7-5-14(6-8-15)16-3-2-4-18-17(16)9-11-22(20(18)26)12-10-19(24)25/h2-12H,1H3,(H,21,23)(H,24,25)/b12-10+. The number of carbonyl (C=O) groups is 2. The molecular weight excluding hydrogens is 332 g/mol. The summed E-state index contributed by atoms with van der Waals surface area (Å²) in [6.45, 7) is 1.45. The van der Waals surface area contributed by atoms with E-state index in [0.29, 0.717) is 11.1 Å². The van der Waals surface area contributed by atoms with Crippen LogP contribution in [0.15, 0.2) is 65.6 Å². The molecule has 0 saturated carbocycles. The number of aromatic nitrogens is 1. The third-order valence-corrected chi connectivity index (χ3v) is 3.87. The molecule has 0 fully saturated rings. The molecular formula is C20H16N2O4. The van der Waals surface area contributed by atoms with Crippen molar-refractivity contribution in [3.05, 3.63) is 71.2 Å². The molecule has 1 aromatic heterocycles. The number of aliphatic carboxylic acids is 1. The van der Waals surface area contributed by atoms with Gasteiger partial charge in [0.25, 0.3) is 5.56 Å². The van der Waals surface area contributed by atoms with Crippen LogP contribution in [0.3, 0.4) is 0 Å². The molecule has 6 heteroatoms. The summed E-state index contributed by atoms with van der Waals surface area (Å²) in [5.74, 6) is -1.26. The summed E-state index contributed by atoms with van der Waals surface area (Å²) in [6, 6.07) is 14.5. The Kier molecular flexibility index (Phi) is 4.66. The number of hydrogen-bond acceptors (Lipinski definition) is 3. The normalized spacial score (nSPS) is 11.0. The molecule has 3 aromatic rings. The highest BCUT2D eigenvalue weighted by Gasteiger charge is 2.08. The van der Waals surface area contributed by atoms with Gasteiger partial charge in [-0.3, -0.25) is 14.2 Å². The second-order valence-electron chi connectivity index (χ2n) is 5.71. The average molecular weight is 348 g/mol. The molecule has 0 bridgehead atoms. The van der Waals surface area contributed by atoms with E-state index in [2.05, 4.69) is 5.32 Å². The lowest BCUT2D eigenvalue weighted by molar-refractivity contribution is -0.131. The fraction of sp³-hybridized carbons (Fsp3) is 0.0500. The van der Waals surface area contributed by atoms with Gasteiger partial charge in [-0.2, -0.15) is 0 Å². The van der Waals surface area contributed by atoms with Gasteiger partial charge < -0.3 is 10.4 Å². The molecule has 2 N–H and O–H groups in total. The summed E-state index contributed by atoms with van der Waals surface area (Å²) in [4.78, 5) is 34.3. The maximum absolute atomic E-state index is 12.6. The van der Waals surface area contributed by atoms with Crippen LogP contribution in [0.1, 0.15) is 6.92 Å². The third kappa shape index (κ3) is 3.54. The molecule has 0 radical (unpaired) electrons. The van der Waals surface area contributed by atoms with Crippen LogP contribution in [0.4, 0.5) is 5.69 Å². The SMILES string of the molecule is CC(=O)Nc1ccc(-c2cccc3c(=O)n(/C=C/C(=O)O)ccc23)cc1. The zero-order chi connectivity index (χ0) is 18.7. The van der Waals surface area contributed by atoms with Gasteiger partial charge in [-0.05, 0) is 40.8 Å². The van der Waals surface area contributed by atoms with Crippen LogP contribution in [0.2, 0.25) is 0 Å². The van der Waals surface area contributed by atoms with Crippen LogP contribution in [0.5, 0.6) is 0 Å². The van der Waals surface area contributed by atoms with Crippen LogP contribution in [-0.4, -0.2) is 21.6 Å². The smallest absolute Gasteiger partial charge is 0.329 e. The number of rotatable bonds is 4. The molecule has 130 valence electrons. The first-order chi connectivity index (χ1) is 12.5. The molecule has 0 saturated heterocycles. The van der Waals surface area contributed by atoms with Crippen LogP contribution in [0.25, 0.3) is 28.1 Å². The molecule has 0 spiro atoms. The van der Waals surface area contributed by atoms with E-state index >= 15 is 0 Å². The molecule has 0 aliphatic rings. The number of nitrogens with zero attached hydrogens (tertiary/aromatic N) is 1. The maximum Gasteiger partial charge on any atom is 0.329 e. The van der Waals surface area contributed by atoms with Gasteiger partial charge in [-0.15, -0.1) is 0 Å². The highest BCUT2D eigenvalue weighted by atomic mass is 16.4. The number of amides is 1. The van der Waals surface area contributed by atoms with Crippen LogP contribution in [-0.2, 0) is 9.59 Å². The number of pyridine rings is 1. The van der Waals surface area contributed by atoms with Crippen molar-refractivity contribution in [3.63, 3.8) is 0 Å². The first-order valence-corrected chi connectivity index (χ1v) is 7.89. The minimum absolute atomic E-state index is 0.141. The largest absolute Gasteiger partial charge is 0.478 e. The van der Waals surface area contributed by atoms with E-state index in [0.717, 1.165) is 22.6 Å². The van der Waals surface area contributed by atoms with E-state index in [9.17, 15) is 14.4 Å². The Balaban J connectivity index is 2.07. The van der Waals surface area contributed by atoms with Crippen molar-refractivity contribution < 1.29 is 14.7 Å². The number of carboxylic acids is 1. The number of benzene rings is 2. The molecule has 6 nitrogen and oxygen atoms in total. The van der Waals surface area contributed by atoms with Crippen LogP contribution >= 0.6 is 0 Å². The Morgan fingerprint density at radius 1 is 1.04 bits per heavy atom. The number of anilines is 1. The minimum Gasteiger partial charge on any atom is -0.478 e. The first kappa shape index (κ1) is 17.2. The van der Waals surface area contributed by atoms with Crippen molar-refractivity contribution in [3.8, 4) is 11.1 Å². The van der Waals surface area contributed by atoms with Gasteiger partial charge in [0.15, 0.2) is 0 Å². The molecule has 0 atom stereocenters. The van der Waals surface area contributed by atoms with Crippen molar-refractivity contribution in [2.75, 3.05) is 5.32 Å². The number of nitrogens with one attached hydrogen (secondary N) is 1. The van der Waals surface area contributed by atoms with Crippen molar-refractivity contribution in [2.24, 2.45) is 0 Å². The summed E-state index contributed by atoms with van der Waals surface area (Å²) in [6.07, 6.45) is 3.68. The summed E-state index contributed by atoms with van der Waals surface area (Å²) in [5, 5.41) is 12.7. The summed E-state index contributed by atoms with van der Waals surface area (Å²) < 4.78 is 1.24. The molecule has 1 heterocycles. The molecule has 1 amide bonds. The lowest BCUT2D eigenvalue weighted by Crippen LogP contribution is -2.15. The van der Waals surface area contributed by atoms with E-state index in [1.165, 1.54) is 17.7 Å². The molecule has 0 aliphatic heterocycles. The summed E-state index contributed by atoms with van der Waals surface area (Å²) >= 11 is 0. The average Bonchev–Trinajstić information content (AvgIpc) is 2.61. The van der Waals surface area contributed by atoms with Gasteiger partial charge >= 0.3 is 5.97 Å².